The molecule has 0 spiro atoms. The standard InChI is InChI=1S/C15H26N2/c1-13-5-4-6-14(11-13)7-10-17-12-15(2,3)8-9-16/h4-6,11,17H,7-10,12,16H2,1-3H3. The van der Waals surface area contributed by atoms with Crippen LogP contribution in [0.5, 0.6) is 0 Å². The fourth-order valence-electron chi connectivity index (χ4n) is 2.01. The lowest BCUT2D eigenvalue weighted by Crippen LogP contribution is -2.32. The van der Waals surface area contributed by atoms with Gasteiger partial charge in [-0.25, -0.2) is 0 Å². The highest BCUT2D eigenvalue weighted by molar-refractivity contribution is 5.22. The van der Waals surface area contributed by atoms with Crippen molar-refractivity contribution in [1.82, 2.24) is 5.32 Å². The Labute approximate surface area is 106 Å². The average molecular weight is 234 g/mol. The summed E-state index contributed by atoms with van der Waals surface area (Å²) in [7, 11) is 0. The minimum absolute atomic E-state index is 0.307. The summed E-state index contributed by atoms with van der Waals surface area (Å²) in [6.07, 6.45) is 2.17. The Kier molecular flexibility index (Phi) is 5.66. The summed E-state index contributed by atoms with van der Waals surface area (Å²) in [6, 6.07) is 8.72. The van der Waals surface area contributed by atoms with Crippen molar-refractivity contribution in [3.05, 3.63) is 35.4 Å². The van der Waals surface area contributed by atoms with E-state index in [0.29, 0.717) is 5.41 Å². The normalized spacial score (nSPS) is 11.8. The zero-order valence-corrected chi connectivity index (χ0v) is 11.4. The van der Waals surface area contributed by atoms with Gasteiger partial charge in [0.1, 0.15) is 0 Å². The molecule has 0 aromatic heterocycles. The van der Waals surface area contributed by atoms with Crippen LogP contribution in [-0.2, 0) is 6.42 Å². The van der Waals surface area contributed by atoms with Crippen LogP contribution in [-0.4, -0.2) is 19.6 Å². The fraction of sp³-hybridized carbons (Fsp3) is 0.600. The summed E-state index contributed by atoms with van der Waals surface area (Å²) < 4.78 is 0. The molecule has 0 aliphatic carbocycles. The first-order chi connectivity index (χ1) is 8.03. The van der Waals surface area contributed by atoms with E-state index in [0.717, 1.165) is 32.5 Å². The number of nitrogens with two attached hydrogens (primary N) is 1. The lowest BCUT2D eigenvalue weighted by Gasteiger charge is -2.24. The Balaban J connectivity index is 2.24. The number of hydrogen-bond acceptors (Lipinski definition) is 2. The predicted molar refractivity (Wildman–Crippen MR) is 75.2 cm³/mol. The van der Waals surface area contributed by atoms with Gasteiger partial charge >= 0.3 is 0 Å². The second-order valence-corrected chi connectivity index (χ2v) is 5.62. The van der Waals surface area contributed by atoms with Gasteiger partial charge < -0.3 is 11.1 Å². The molecule has 0 radical (unpaired) electrons. The highest BCUT2D eigenvalue weighted by Gasteiger charge is 2.15. The third kappa shape index (κ3) is 5.85. The van der Waals surface area contributed by atoms with E-state index in [1.165, 1.54) is 11.1 Å². The van der Waals surface area contributed by atoms with E-state index in [1.54, 1.807) is 0 Å². The number of nitrogens with one attached hydrogen (secondary N) is 1. The van der Waals surface area contributed by atoms with Crippen molar-refractivity contribution in [2.75, 3.05) is 19.6 Å². The predicted octanol–water partition coefficient (Wildman–Crippen LogP) is 2.50. The molecule has 0 unspecified atom stereocenters. The smallest absolute Gasteiger partial charge is 0.000312 e. The monoisotopic (exact) mass is 234 g/mol. The van der Waals surface area contributed by atoms with Gasteiger partial charge in [0, 0.05) is 6.54 Å². The number of benzene rings is 1. The van der Waals surface area contributed by atoms with E-state index < -0.39 is 0 Å². The number of rotatable bonds is 7. The minimum Gasteiger partial charge on any atom is -0.330 e. The van der Waals surface area contributed by atoms with Crippen molar-refractivity contribution in [3.63, 3.8) is 0 Å². The van der Waals surface area contributed by atoms with Gasteiger partial charge in [-0.2, -0.15) is 0 Å². The Hall–Kier alpha value is -0.860. The molecule has 0 bridgehead atoms. The van der Waals surface area contributed by atoms with E-state index >= 15 is 0 Å². The summed E-state index contributed by atoms with van der Waals surface area (Å²) in [5.41, 5.74) is 8.66. The van der Waals surface area contributed by atoms with Gasteiger partial charge in [0.15, 0.2) is 0 Å². The molecule has 0 heterocycles. The fourth-order valence-corrected chi connectivity index (χ4v) is 2.01. The summed E-state index contributed by atoms with van der Waals surface area (Å²) in [4.78, 5) is 0. The Morgan fingerprint density at radius 3 is 2.71 bits per heavy atom. The highest BCUT2D eigenvalue weighted by atomic mass is 14.9. The average Bonchev–Trinajstić information content (AvgIpc) is 2.24. The van der Waals surface area contributed by atoms with Crippen molar-refractivity contribution in [3.8, 4) is 0 Å². The topological polar surface area (TPSA) is 38.0 Å². The minimum atomic E-state index is 0.307. The van der Waals surface area contributed by atoms with Crippen LogP contribution in [0, 0.1) is 12.3 Å². The van der Waals surface area contributed by atoms with Crippen LogP contribution in [0.2, 0.25) is 0 Å². The van der Waals surface area contributed by atoms with Gasteiger partial charge in [-0.05, 0) is 43.8 Å². The van der Waals surface area contributed by atoms with Gasteiger partial charge in [-0.3, -0.25) is 0 Å². The molecule has 1 aromatic carbocycles. The third-order valence-corrected chi connectivity index (χ3v) is 3.10. The summed E-state index contributed by atoms with van der Waals surface area (Å²) in [5.74, 6) is 0. The molecule has 0 atom stereocenters. The van der Waals surface area contributed by atoms with Crippen LogP contribution in [0.1, 0.15) is 31.4 Å². The summed E-state index contributed by atoms with van der Waals surface area (Å²) in [6.45, 7) is 9.51. The van der Waals surface area contributed by atoms with Crippen molar-refractivity contribution < 1.29 is 0 Å². The second-order valence-electron chi connectivity index (χ2n) is 5.62. The first kappa shape index (κ1) is 14.2. The third-order valence-electron chi connectivity index (χ3n) is 3.10. The van der Waals surface area contributed by atoms with Crippen LogP contribution >= 0.6 is 0 Å². The van der Waals surface area contributed by atoms with Crippen LogP contribution in [0.3, 0.4) is 0 Å². The van der Waals surface area contributed by atoms with Crippen LogP contribution < -0.4 is 11.1 Å². The van der Waals surface area contributed by atoms with Crippen LogP contribution in [0.4, 0.5) is 0 Å². The molecule has 3 N–H and O–H groups in total. The molecule has 17 heavy (non-hydrogen) atoms. The quantitative estimate of drug-likeness (QED) is 0.711. The molecule has 0 aliphatic rings. The Morgan fingerprint density at radius 1 is 1.29 bits per heavy atom. The maximum absolute atomic E-state index is 5.60. The first-order valence-corrected chi connectivity index (χ1v) is 6.50. The lowest BCUT2D eigenvalue weighted by molar-refractivity contribution is 0.321. The lowest BCUT2D eigenvalue weighted by atomic mass is 9.89. The second kappa shape index (κ2) is 6.77. The first-order valence-electron chi connectivity index (χ1n) is 6.50. The molecule has 96 valence electrons. The SMILES string of the molecule is Cc1cccc(CCNCC(C)(C)CCN)c1. The van der Waals surface area contributed by atoms with Gasteiger partial charge in [0.25, 0.3) is 0 Å². The zero-order chi connectivity index (χ0) is 12.7. The summed E-state index contributed by atoms with van der Waals surface area (Å²) in [5, 5.41) is 3.52. The number of aryl methyl sites for hydroxylation is 1. The van der Waals surface area contributed by atoms with Gasteiger partial charge in [-0.15, -0.1) is 0 Å². The van der Waals surface area contributed by atoms with Crippen LogP contribution in [0.25, 0.3) is 0 Å². The molecule has 2 heteroatoms. The molecule has 0 saturated heterocycles. The molecule has 0 amide bonds. The van der Waals surface area contributed by atoms with E-state index in [1.807, 2.05) is 0 Å². The van der Waals surface area contributed by atoms with Crippen molar-refractivity contribution in [2.45, 2.75) is 33.6 Å². The van der Waals surface area contributed by atoms with E-state index in [2.05, 4.69) is 50.4 Å². The molecule has 0 aliphatic heterocycles. The van der Waals surface area contributed by atoms with Gasteiger partial charge in [-0.1, -0.05) is 43.7 Å². The maximum atomic E-state index is 5.60. The van der Waals surface area contributed by atoms with E-state index in [9.17, 15) is 0 Å². The van der Waals surface area contributed by atoms with E-state index in [4.69, 9.17) is 5.73 Å². The van der Waals surface area contributed by atoms with Crippen molar-refractivity contribution in [1.29, 1.82) is 0 Å². The molecular formula is C15H26N2. The molecule has 0 fully saturated rings. The Morgan fingerprint density at radius 2 is 2.06 bits per heavy atom. The van der Waals surface area contributed by atoms with Gasteiger partial charge in [0.05, 0.1) is 0 Å². The van der Waals surface area contributed by atoms with Crippen molar-refractivity contribution in [2.24, 2.45) is 11.1 Å². The highest BCUT2D eigenvalue weighted by Crippen LogP contribution is 2.17. The van der Waals surface area contributed by atoms with E-state index in [-0.39, 0.29) is 0 Å². The molecule has 0 saturated carbocycles. The molecular weight excluding hydrogens is 208 g/mol. The maximum Gasteiger partial charge on any atom is 0.000312 e. The molecule has 1 aromatic rings. The zero-order valence-electron chi connectivity index (χ0n) is 11.4. The largest absolute Gasteiger partial charge is 0.330 e. The Bertz CT molecular complexity index is 331. The van der Waals surface area contributed by atoms with Crippen molar-refractivity contribution >= 4 is 0 Å². The molecule has 1 rings (SSSR count). The number of hydrogen-bond donors (Lipinski definition) is 2. The summed E-state index contributed by atoms with van der Waals surface area (Å²) >= 11 is 0. The van der Waals surface area contributed by atoms with Gasteiger partial charge in [0.2, 0.25) is 0 Å². The van der Waals surface area contributed by atoms with Crippen LogP contribution in [0.15, 0.2) is 24.3 Å². The molecule has 2 nitrogen and oxygen atoms in total.